The third kappa shape index (κ3) is 3.11. The number of carbonyl (C=O) groups excluding carboxylic acids is 1. The van der Waals surface area contributed by atoms with Crippen molar-refractivity contribution < 1.29 is 9.53 Å². The van der Waals surface area contributed by atoms with Crippen molar-refractivity contribution in [3.8, 4) is 0 Å². The van der Waals surface area contributed by atoms with Crippen LogP contribution in [-0.2, 0) is 11.3 Å². The normalized spacial score (nSPS) is 16.6. The summed E-state index contributed by atoms with van der Waals surface area (Å²) in [6.07, 6.45) is 4.24. The van der Waals surface area contributed by atoms with Crippen molar-refractivity contribution in [1.82, 2.24) is 9.88 Å². The highest BCUT2D eigenvalue weighted by Crippen LogP contribution is 2.32. The average molecular weight is 251 g/mol. The van der Waals surface area contributed by atoms with Gasteiger partial charge in [-0.3, -0.25) is 4.79 Å². The fraction of sp³-hybridized carbons (Fsp3) is 0.615. The van der Waals surface area contributed by atoms with Crippen LogP contribution in [0.4, 0.5) is 0 Å². The van der Waals surface area contributed by atoms with Gasteiger partial charge in [0.2, 0.25) is 0 Å². The molecule has 100 valence electrons. The largest absolute Gasteiger partial charge is 0.383 e. The highest BCUT2D eigenvalue weighted by atomic mass is 16.5. The standard InChI is InChI=1S/C13H21N3O2/c1-18-8-7-16-6-2-3-12(16)13(17)15-11(9-14)10-4-5-10/h2-3,6,10-11H,4-5,7-9,14H2,1H3,(H,15,17). The van der Waals surface area contributed by atoms with E-state index >= 15 is 0 Å². The van der Waals surface area contributed by atoms with Crippen LogP contribution in [0.5, 0.6) is 0 Å². The Labute approximate surface area is 107 Å². The predicted molar refractivity (Wildman–Crippen MR) is 69.3 cm³/mol. The molecule has 0 aliphatic heterocycles. The summed E-state index contributed by atoms with van der Waals surface area (Å²) in [6.45, 7) is 1.79. The molecule has 0 radical (unpaired) electrons. The molecule has 1 unspecified atom stereocenters. The molecule has 2 rings (SSSR count). The van der Waals surface area contributed by atoms with Crippen molar-refractivity contribution in [3.05, 3.63) is 24.0 Å². The first-order chi connectivity index (χ1) is 8.76. The summed E-state index contributed by atoms with van der Waals surface area (Å²) in [5, 5.41) is 3.02. The van der Waals surface area contributed by atoms with Crippen LogP contribution in [0, 0.1) is 5.92 Å². The van der Waals surface area contributed by atoms with E-state index in [0.717, 1.165) is 0 Å². The number of hydrogen-bond acceptors (Lipinski definition) is 3. The van der Waals surface area contributed by atoms with Crippen molar-refractivity contribution >= 4 is 5.91 Å². The van der Waals surface area contributed by atoms with Gasteiger partial charge in [0.15, 0.2) is 0 Å². The third-order valence-electron chi connectivity index (χ3n) is 3.36. The van der Waals surface area contributed by atoms with Gasteiger partial charge in [0.1, 0.15) is 5.69 Å². The number of amides is 1. The molecule has 0 aromatic carbocycles. The van der Waals surface area contributed by atoms with Gasteiger partial charge in [-0.25, -0.2) is 0 Å². The molecule has 1 saturated carbocycles. The van der Waals surface area contributed by atoms with Crippen molar-refractivity contribution in [2.45, 2.75) is 25.4 Å². The Morgan fingerprint density at radius 2 is 2.44 bits per heavy atom. The topological polar surface area (TPSA) is 69.3 Å². The molecular formula is C13H21N3O2. The number of methoxy groups -OCH3 is 1. The lowest BCUT2D eigenvalue weighted by Crippen LogP contribution is -2.42. The monoisotopic (exact) mass is 251 g/mol. The quantitative estimate of drug-likeness (QED) is 0.745. The minimum atomic E-state index is -0.0431. The van der Waals surface area contributed by atoms with Crippen molar-refractivity contribution in [2.75, 3.05) is 20.3 Å². The number of ether oxygens (including phenoxy) is 1. The summed E-state index contributed by atoms with van der Waals surface area (Å²) >= 11 is 0. The molecule has 1 aromatic heterocycles. The number of nitrogens with zero attached hydrogens (tertiary/aromatic N) is 1. The number of nitrogens with two attached hydrogens (primary N) is 1. The first kappa shape index (κ1) is 13.1. The van der Waals surface area contributed by atoms with E-state index in [9.17, 15) is 4.79 Å². The number of hydrogen-bond donors (Lipinski definition) is 2. The van der Waals surface area contributed by atoms with Crippen LogP contribution in [-0.4, -0.2) is 36.8 Å². The minimum Gasteiger partial charge on any atom is -0.383 e. The lowest BCUT2D eigenvalue weighted by Gasteiger charge is -2.17. The van der Waals surface area contributed by atoms with Gasteiger partial charge in [0.05, 0.1) is 6.61 Å². The minimum absolute atomic E-state index is 0.0431. The first-order valence-electron chi connectivity index (χ1n) is 6.41. The van der Waals surface area contributed by atoms with Crippen LogP contribution >= 0.6 is 0 Å². The van der Waals surface area contributed by atoms with Crippen LogP contribution in [0.3, 0.4) is 0 Å². The molecule has 3 N–H and O–H groups in total. The molecule has 1 amide bonds. The summed E-state index contributed by atoms with van der Waals surface area (Å²) in [4.78, 5) is 12.2. The second kappa shape index (κ2) is 6.02. The van der Waals surface area contributed by atoms with Crippen molar-refractivity contribution in [3.63, 3.8) is 0 Å². The van der Waals surface area contributed by atoms with Gasteiger partial charge >= 0.3 is 0 Å². The molecule has 1 aromatic rings. The summed E-state index contributed by atoms with van der Waals surface area (Å²) in [7, 11) is 1.65. The summed E-state index contributed by atoms with van der Waals surface area (Å²) in [6, 6.07) is 3.81. The molecule has 1 atom stereocenters. The van der Waals surface area contributed by atoms with E-state index in [1.165, 1.54) is 12.8 Å². The van der Waals surface area contributed by atoms with Gasteiger partial charge in [-0.15, -0.1) is 0 Å². The lowest BCUT2D eigenvalue weighted by atomic mass is 10.2. The Balaban J connectivity index is 1.97. The van der Waals surface area contributed by atoms with Gasteiger partial charge in [-0.2, -0.15) is 0 Å². The first-order valence-corrected chi connectivity index (χ1v) is 6.41. The van der Waals surface area contributed by atoms with Crippen LogP contribution in [0.1, 0.15) is 23.3 Å². The Morgan fingerprint density at radius 1 is 1.67 bits per heavy atom. The lowest BCUT2D eigenvalue weighted by molar-refractivity contribution is 0.0921. The Morgan fingerprint density at radius 3 is 3.06 bits per heavy atom. The molecule has 5 heteroatoms. The van der Waals surface area contributed by atoms with E-state index in [2.05, 4.69) is 5.32 Å². The summed E-state index contributed by atoms with van der Waals surface area (Å²) < 4.78 is 6.93. The van der Waals surface area contributed by atoms with E-state index in [0.29, 0.717) is 31.3 Å². The van der Waals surface area contributed by atoms with Gasteiger partial charge in [0.25, 0.3) is 5.91 Å². The average Bonchev–Trinajstić information content (AvgIpc) is 3.11. The number of carbonyl (C=O) groups is 1. The number of rotatable bonds is 7. The van der Waals surface area contributed by atoms with E-state index in [4.69, 9.17) is 10.5 Å². The second-order valence-electron chi connectivity index (χ2n) is 4.73. The summed E-state index contributed by atoms with van der Waals surface area (Å²) in [5.41, 5.74) is 6.36. The molecule has 1 aliphatic rings. The van der Waals surface area contributed by atoms with E-state index in [1.807, 2.05) is 22.9 Å². The zero-order chi connectivity index (χ0) is 13.0. The summed E-state index contributed by atoms with van der Waals surface area (Å²) in [5.74, 6) is 0.528. The van der Waals surface area contributed by atoms with Gasteiger partial charge in [-0.1, -0.05) is 0 Å². The molecule has 1 aliphatic carbocycles. The Hall–Kier alpha value is -1.33. The molecule has 1 fully saturated rings. The van der Waals surface area contributed by atoms with E-state index in [-0.39, 0.29) is 11.9 Å². The maximum absolute atomic E-state index is 12.2. The fourth-order valence-corrected chi connectivity index (χ4v) is 2.11. The van der Waals surface area contributed by atoms with Crippen molar-refractivity contribution in [2.24, 2.45) is 11.7 Å². The maximum atomic E-state index is 12.2. The van der Waals surface area contributed by atoms with Crippen LogP contribution < -0.4 is 11.1 Å². The number of nitrogens with one attached hydrogen (secondary N) is 1. The van der Waals surface area contributed by atoms with Crippen LogP contribution in [0.2, 0.25) is 0 Å². The zero-order valence-electron chi connectivity index (χ0n) is 10.8. The smallest absolute Gasteiger partial charge is 0.268 e. The van der Waals surface area contributed by atoms with Gasteiger partial charge < -0.3 is 20.4 Å². The molecule has 0 saturated heterocycles. The zero-order valence-corrected chi connectivity index (χ0v) is 10.8. The highest BCUT2D eigenvalue weighted by Gasteiger charge is 2.31. The predicted octanol–water partition coefficient (Wildman–Crippen LogP) is 0.602. The Kier molecular flexibility index (Phi) is 4.38. The highest BCUT2D eigenvalue weighted by molar-refractivity contribution is 5.93. The number of aromatic nitrogens is 1. The third-order valence-corrected chi connectivity index (χ3v) is 3.36. The molecule has 18 heavy (non-hydrogen) atoms. The second-order valence-corrected chi connectivity index (χ2v) is 4.73. The Bertz CT molecular complexity index is 399. The van der Waals surface area contributed by atoms with Crippen LogP contribution in [0.25, 0.3) is 0 Å². The molecule has 5 nitrogen and oxygen atoms in total. The SMILES string of the molecule is COCCn1cccc1C(=O)NC(CN)C1CC1. The molecule has 1 heterocycles. The molecule has 0 bridgehead atoms. The van der Waals surface area contributed by atoms with E-state index < -0.39 is 0 Å². The molecule has 0 spiro atoms. The molecular weight excluding hydrogens is 230 g/mol. The van der Waals surface area contributed by atoms with Gasteiger partial charge in [-0.05, 0) is 30.9 Å². The maximum Gasteiger partial charge on any atom is 0.268 e. The van der Waals surface area contributed by atoms with Crippen LogP contribution in [0.15, 0.2) is 18.3 Å². The van der Waals surface area contributed by atoms with Crippen molar-refractivity contribution in [1.29, 1.82) is 0 Å². The van der Waals surface area contributed by atoms with Gasteiger partial charge in [0, 0.05) is 32.4 Å². The fourth-order valence-electron chi connectivity index (χ4n) is 2.11. The van der Waals surface area contributed by atoms with E-state index in [1.54, 1.807) is 7.11 Å².